The molecule has 0 aliphatic carbocycles. The average molecular weight is 370 g/mol. The largest absolute Gasteiger partial charge is 0.349 e. The van der Waals surface area contributed by atoms with Gasteiger partial charge in [0.05, 0.1) is 0 Å². The Morgan fingerprint density at radius 3 is 2.22 bits per heavy atom. The molecule has 2 atom stereocenters. The number of halogens is 2. The lowest BCUT2D eigenvalue weighted by molar-refractivity contribution is 0.0176. The van der Waals surface area contributed by atoms with Gasteiger partial charge in [0.2, 0.25) is 0 Å². The third-order valence-electron chi connectivity index (χ3n) is 5.86. The first kappa shape index (κ1) is 18.1. The van der Waals surface area contributed by atoms with Crippen LogP contribution in [0.3, 0.4) is 0 Å². The van der Waals surface area contributed by atoms with Crippen molar-refractivity contribution in [2.45, 2.75) is 56.8 Å². The van der Waals surface area contributed by atoms with E-state index in [2.05, 4.69) is 34.5 Å². The predicted octanol–water partition coefficient (Wildman–Crippen LogP) is 4.28. The number of nitrogens with one attached hydrogen (secondary N) is 1. The van der Waals surface area contributed by atoms with Crippen molar-refractivity contribution in [2.24, 2.45) is 0 Å². The molecule has 2 bridgehead atoms. The van der Waals surface area contributed by atoms with Crippen molar-refractivity contribution < 1.29 is 13.6 Å². The Hall–Kier alpha value is -2.27. The smallest absolute Gasteiger partial charge is 0.257 e. The predicted molar refractivity (Wildman–Crippen MR) is 100 cm³/mol. The molecule has 0 radical (unpaired) electrons. The van der Waals surface area contributed by atoms with Crippen molar-refractivity contribution in [1.82, 2.24) is 10.2 Å². The second kappa shape index (κ2) is 7.77. The highest BCUT2D eigenvalue weighted by molar-refractivity contribution is 5.94. The number of fused-ring (bicyclic) bond motifs is 2. The molecule has 0 saturated carbocycles. The molecule has 2 fully saturated rings. The van der Waals surface area contributed by atoms with Crippen molar-refractivity contribution in [3.8, 4) is 0 Å². The Morgan fingerprint density at radius 2 is 1.59 bits per heavy atom. The number of piperidine rings is 2. The Morgan fingerprint density at radius 1 is 0.963 bits per heavy atom. The summed E-state index contributed by atoms with van der Waals surface area (Å²) in [6, 6.07) is 14.7. The molecule has 0 aromatic heterocycles. The topological polar surface area (TPSA) is 32.3 Å². The van der Waals surface area contributed by atoms with E-state index in [9.17, 15) is 13.6 Å². The van der Waals surface area contributed by atoms with Crippen LogP contribution in [0, 0.1) is 11.6 Å². The van der Waals surface area contributed by atoms with E-state index in [0.717, 1.165) is 44.4 Å². The summed E-state index contributed by atoms with van der Waals surface area (Å²) in [4.78, 5) is 15.0. The van der Waals surface area contributed by atoms with E-state index in [1.165, 1.54) is 18.1 Å². The van der Waals surface area contributed by atoms with E-state index in [-0.39, 0.29) is 6.04 Å². The highest BCUT2D eigenvalue weighted by Gasteiger charge is 2.38. The fourth-order valence-electron chi connectivity index (χ4n) is 4.62. The van der Waals surface area contributed by atoms with Gasteiger partial charge in [0.15, 0.2) is 0 Å². The SMILES string of the molecule is O=C(NC1CC2CCCC(C1)N2Cc1ccccc1)c1c(F)cccc1F. The van der Waals surface area contributed by atoms with Gasteiger partial charge in [-0.05, 0) is 43.4 Å². The normalized spacial score (nSPS) is 25.2. The molecule has 2 aromatic carbocycles. The van der Waals surface area contributed by atoms with Gasteiger partial charge < -0.3 is 5.32 Å². The summed E-state index contributed by atoms with van der Waals surface area (Å²) in [5.41, 5.74) is 0.819. The van der Waals surface area contributed by atoms with Crippen LogP contribution in [0.5, 0.6) is 0 Å². The van der Waals surface area contributed by atoms with Gasteiger partial charge in [-0.25, -0.2) is 8.78 Å². The lowest BCUT2D eigenvalue weighted by atomic mass is 9.81. The van der Waals surface area contributed by atoms with Crippen molar-refractivity contribution in [3.05, 3.63) is 71.3 Å². The summed E-state index contributed by atoms with van der Waals surface area (Å²) in [6.45, 7) is 0.915. The summed E-state index contributed by atoms with van der Waals surface area (Å²) in [5.74, 6) is -2.27. The molecule has 142 valence electrons. The van der Waals surface area contributed by atoms with Crippen LogP contribution in [0.15, 0.2) is 48.5 Å². The zero-order valence-electron chi connectivity index (χ0n) is 15.2. The Labute approximate surface area is 158 Å². The number of nitrogens with zero attached hydrogens (tertiary/aromatic N) is 1. The lowest BCUT2D eigenvalue weighted by Crippen LogP contribution is -2.56. The maximum atomic E-state index is 13.9. The van der Waals surface area contributed by atoms with Crippen LogP contribution >= 0.6 is 0 Å². The van der Waals surface area contributed by atoms with Crippen LogP contribution in [0.4, 0.5) is 8.78 Å². The fraction of sp³-hybridized carbons (Fsp3) is 0.409. The van der Waals surface area contributed by atoms with Crippen LogP contribution in [0.1, 0.15) is 48.0 Å². The molecule has 2 aliphatic heterocycles. The minimum Gasteiger partial charge on any atom is -0.349 e. The first-order valence-electron chi connectivity index (χ1n) is 9.66. The van der Waals surface area contributed by atoms with E-state index in [0.29, 0.717) is 12.1 Å². The van der Waals surface area contributed by atoms with Gasteiger partial charge in [-0.2, -0.15) is 0 Å². The zero-order chi connectivity index (χ0) is 18.8. The van der Waals surface area contributed by atoms with Crippen LogP contribution in [0.2, 0.25) is 0 Å². The van der Waals surface area contributed by atoms with Crippen molar-refractivity contribution in [1.29, 1.82) is 0 Å². The molecule has 0 spiro atoms. The third-order valence-corrected chi connectivity index (χ3v) is 5.86. The average Bonchev–Trinajstić information content (AvgIpc) is 2.63. The van der Waals surface area contributed by atoms with Gasteiger partial charge in [0, 0.05) is 24.7 Å². The molecule has 2 unspecified atom stereocenters. The number of hydrogen-bond acceptors (Lipinski definition) is 2. The van der Waals surface area contributed by atoms with E-state index < -0.39 is 23.1 Å². The molecule has 3 nitrogen and oxygen atoms in total. The lowest BCUT2D eigenvalue weighted by Gasteiger charge is -2.49. The van der Waals surface area contributed by atoms with Crippen molar-refractivity contribution >= 4 is 5.91 Å². The van der Waals surface area contributed by atoms with Crippen molar-refractivity contribution in [3.63, 3.8) is 0 Å². The van der Waals surface area contributed by atoms with Gasteiger partial charge in [-0.1, -0.05) is 42.8 Å². The van der Waals surface area contributed by atoms with Crippen LogP contribution < -0.4 is 5.32 Å². The Balaban J connectivity index is 1.45. The number of benzene rings is 2. The van der Waals surface area contributed by atoms with Gasteiger partial charge in [-0.3, -0.25) is 9.69 Å². The van der Waals surface area contributed by atoms with E-state index in [1.54, 1.807) is 0 Å². The molecule has 2 saturated heterocycles. The summed E-state index contributed by atoms with van der Waals surface area (Å²) in [6.07, 6.45) is 5.05. The number of rotatable bonds is 4. The van der Waals surface area contributed by atoms with Crippen molar-refractivity contribution in [2.75, 3.05) is 0 Å². The number of hydrogen-bond donors (Lipinski definition) is 1. The van der Waals surface area contributed by atoms with E-state index >= 15 is 0 Å². The third kappa shape index (κ3) is 3.88. The zero-order valence-corrected chi connectivity index (χ0v) is 15.2. The number of amides is 1. The highest BCUT2D eigenvalue weighted by atomic mass is 19.1. The molecular formula is C22H24F2N2O. The molecule has 5 heteroatoms. The van der Waals surface area contributed by atoms with E-state index in [1.807, 2.05) is 6.07 Å². The summed E-state index contributed by atoms with van der Waals surface area (Å²) in [7, 11) is 0. The molecule has 2 aliphatic rings. The second-order valence-corrected chi connectivity index (χ2v) is 7.63. The summed E-state index contributed by atoms with van der Waals surface area (Å²) in [5, 5.41) is 2.88. The molecular weight excluding hydrogens is 346 g/mol. The van der Waals surface area contributed by atoms with Crippen LogP contribution in [-0.2, 0) is 6.54 Å². The van der Waals surface area contributed by atoms with Gasteiger partial charge in [-0.15, -0.1) is 0 Å². The molecule has 27 heavy (non-hydrogen) atoms. The summed E-state index contributed by atoms with van der Waals surface area (Å²) >= 11 is 0. The maximum absolute atomic E-state index is 13.9. The van der Waals surface area contributed by atoms with Gasteiger partial charge in [0.1, 0.15) is 17.2 Å². The van der Waals surface area contributed by atoms with E-state index in [4.69, 9.17) is 0 Å². The van der Waals surface area contributed by atoms with Gasteiger partial charge in [0.25, 0.3) is 5.91 Å². The van der Waals surface area contributed by atoms with Crippen LogP contribution in [0.25, 0.3) is 0 Å². The highest BCUT2D eigenvalue weighted by Crippen LogP contribution is 2.35. The Kier molecular flexibility index (Phi) is 5.21. The minimum atomic E-state index is -0.811. The quantitative estimate of drug-likeness (QED) is 0.871. The second-order valence-electron chi connectivity index (χ2n) is 7.63. The maximum Gasteiger partial charge on any atom is 0.257 e. The fourth-order valence-corrected chi connectivity index (χ4v) is 4.62. The molecule has 1 N–H and O–H groups in total. The molecule has 2 heterocycles. The first-order valence-corrected chi connectivity index (χ1v) is 9.66. The number of carbonyl (C=O) groups is 1. The van der Waals surface area contributed by atoms with Gasteiger partial charge >= 0.3 is 0 Å². The number of carbonyl (C=O) groups excluding carboxylic acids is 1. The standard InChI is InChI=1S/C22H24F2N2O/c23-19-10-5-11-20(24)21(19)22(27)25-16-12-17-8-4-9-18(13-16)26(17)14-15-6-2-1-3-7-15/h1-3,5-7,10-11,16-18H,4,8-9,12-14H2,(H,25,27). The molecule has 4 rings (SSSR count). The van der Waals surface area contributed by atoms with Crippen LogP contribution in [-0.4, -0.2) is 28.9 Å². The Bertz CT molecular complexity index is 777. The molecule has 1 amide bonds. The summed E-state index contributed by atoms with van der Waals surface area (Å²) < 4.78 is 27.8. The first-order chi connectivity index (χ1) is 13.1. The molecule has 2 aromatic rings. The monoisotopic (exact) mass is 370 g/mol. The minimum absolute atomic E-state index is 0.0428.